The minimum absolute atomic E-state index is 0.164. The molecule has 0 aromatic carbocycles. The van der Waals surface area contributed by atoms with Crippen molar-refractivity contribution in [2.45, 2.75) is 13.0 Å². The fourth-order valence-electron chi connectivity index (χ4n) is 3.08. The molecule has 2 aliphatic heterocycles. The smallest absolute Gasteiger partial charge is 0.410 e. The van der Waals surface area contributed by atoms with Crippen LogP contribution < -0.4 is 0 Å². The van der Waals surface area contributed by atoms with Crippen molar-refractivity contribution < 1.29 is 18.7 Å². The molecule has 4 heterocycles. The van der Waals surface area contributed by atoms with Crippen LogP contribution in [0, 0.1) is 12.9 Å². The van der Waals surface area contributed by atoms with Gasteiger partial charge in [-0.15, -0.1) is 0 Å². The average molecular weight is 318 g/mol. The molecule has 23 heavy (non-hydrogen) atoms. The number of pyridine rings is 1. The second-order valence-corrected chi connectivity index (χ2v) is 5.86. The van der Waals surface area contributed by atoms with Gasteiger partial charge in [-0.1, -0.05) is 6.07 Å². The Morgan fingerprint density at radius 2 is 2.22 bits per heavy atom. The number of hydrogen-bond donors (Lipinski definition) is 0. The van der Waals surface area contributed by atoms with E-state index in [0.717, 1.165) is 5.56 Å². The number of aromatic nitrogens is 2. The second kappa shape index (κ2) is 4.94. The number of aryl methyl sites for hydroxylation is 1. The van der Waals surface area contributed by atoms with Gasteiger partial charge in [0.2, 0.25) is 5.95 Å². The van der Waals surface area contributed by atoms with Crippen LogP contribution in [-0.2, 0) is 4.74 Å². The van der Waals surface area contributed by atoms with E-state index in [4.69, 9.17) is 4.74 Å². The Hall–Kier alpha value is -2.64. The summed E-state index contributed by atoms with van der Waals surface area (Å²) in [6.45, 7) is 3.17. The summed E-state index contributed by atoms with van der Waals surface area (Å²) in [6.07, 6.45) is 1.26. The van der Waals surface area contributed by atoms with E-state index in [-0.39, 0.29) is 24.4 Å². The van der Waals surface area contributed by atoms with Crippen molar-refractivity contribution in [1.29, 1.82) is 0 Å². The quantitative estimate of drug-likeness (QED) is 0.788. The van der Waals surface area contributed by atoms with E-state index in [9.17, 15) is 14.0 Å². The highest BCUT2D eigenvalue weighted by Crippen LogP contribution is 2.20. The number of carbonyl (C=O) groups excluding carboxylic acids is 2. The molecule has 1 atom stereocenters. The molecule has 2 aliphatic rings. The molecular weight excluding hydrogens is 303 g/mol. The van der Waals surface area contributed by atoms with Crippen LogP contribution in [-0.4, -0.2) is 63.5 Å². The number of fused-ring (bicyclic) bond motifs is 2. The number of nitrogens with zero attached hydrogens (tertiary/aromatic N) is 4. The molecule has 2 saturated heterocycles. The largest absolute Gasteiger partial charge is 0.447 e. The molecule has 120 valence electrons. The lowest BCUT2D eigenvalue weighted by Gasteiger charge is -2.34. The fourth-order valence-corrected chi connectivity index (χ4v) is 3.08. The Morgan fingerprint density at radius 1 is 1.39 bits per heavy atom. The highest BCUT2D eigenvalue weighted by molar-refractivity contribution is 5.93. The third kappa shape index (κ3) is 2.13. The van der Waals surface area contributed by atoms with Gasteiger partial charge >= 0.3 is 6.09 Å². The van der Waals surface area contributed by atoms with Crippen molar-refractivity contribution in [2.75, 3.05) is 26.2 Å². The Kier molecular flexibility index (Phi) is 3.00. The van der Waals surface area contributed by atoms with Crippen LogP contribution in [0.15, 0.2) is 18.3 Å². The average Bonchev–Trinajstić information content (AvgIpc) is 3.08. The van der Waals surface area contributed by atoms with Gasteiger partial charge in [0, 0.05) is 25.8 Å². The minimum Gasteiger partial charge on any atom is -0.447 e. The van der Waals surface area contributed by atoms with E-state index in [0.29, 0.717) is 25.3 Å². The first-order valence-corrected chi connectivity index (χ1v) is 7.41. The number of halogens is 1. The van der Waals surface area contributed by atoms with E-state index < -0.39 is 11.9 Å². The normalized spacial score (nSPS) is 20.8. The van der Waals surface area contributed by atoms with Gasteiger partial charge in [-0.25, -0.2) is 9.78 Å². The van der Waals surface area contributed by atoms with Crippen molar-refractivity contribution in [3.8, 4) is 0 Å². The summed E-state index contributed by atoms with van der Waals surface area (Å²) < 4.78 is 20.8. The molecule has 2 amide bonds. The van der Waals surface area contributed by atoms with Gasteiger partial charge in [-0.3, -0.25) is 14.1 Å². The number of rotatable bonds is 1. The van der Waals surface area contributed by atoms with Crippen LogP contribution in [0.4, 0.5) is 9.18 Å². The zero-order chi connectivity index (χ0) is 16.1. The summed E-state index contributed by atoms with van der Waals surface area (Å²) in [4.78, 5) is 31.3. The molecule has 0 spiro atoms. The fraction of sp³-hybridized carbons (Fsp3) is 0.400. The van der Waals surface area contributed by atoms with Crippen LogP contribution in [0.5, 0.6) is 0 Å². The van der Waals surface area contributed by atoms with Crippen LogP contribution in [0.2, 0.25) is 0 Å². The molecule has 0 aliphatic carbocycles. The van der Waals surface area contributed by atoms with Crippen molar-refractivity contribution >= 4 is 17.6 Å². The number of cyclic esters (lactones) is 1. The van der Waals surface area contributed by atoms with Crippen LogP contribution in [0.1, 0.15) is 16.1 Å². The number of imidazole rings is 1. The molecule has 8 heteroatoms. The third-order valence-electron chi connectivity index (χ3n) is 4.31. The summed E-state index contributed by atoms with van der Waals surface area (Å²) in [5.74, 6) is -1.11. The minimum atomic E-state index is -0.658. The van der Waals surface area contributed by atoms with E-state index >= 15 is 0 Å². The lowest BCUT2D eigenvalue weighted by molar-refractivity contribution is 0.0606. The van der Waals surface area contributed by atoms with Gasteiger partial charge < -0.3 is 9.64 Å². The zero-order valence-corrected chi connectivity index (χ0v) is 12.5. The van der Waals surface area contributed by atoms with Gasteiger partial charge in [0.15, 0.2) is 5.69 Å². The maximum Gasteiger partial charge on any atom is 0.410 e. The molecule has 7 nitrogen and oxygen atoms in total. The Bertz CT molecular complexity index is 818. The Labute approximate surface area is 131 Å². The molecule has 2 fully saturated rings. The maximum atomic E-state index is 14.5. The SMILES string of the molecule is Cc1ccc2nc(C(=O)N3CCN4C(=O)OC[C@@H]4C3)c(F)n2c1. The molecule has 0 bridgehead atoms. The first-order chi connectivity index (χ1) is 11.0. The summed E-state index contributed by atoms with van der Waals surface area (Å²) >= 11 is 0. The predicted octanol–water partition coefficient (Wildman–Crippen LogP) is 1.06. The lowest BCUT2D eigenvalue weighted by atomic mass is 10.2. The molecule has 2 aromatic rings. The van der Waals surface area contributed by atoms with Crippen LogP contribution in [0.25, 0.3) is 5.65 Å². The van der Waals surface area contributed by atoms with E-state index in [1.54, 1.807) is 17.2 Å². The Morgan fingerprint density at radius 3 is 3.04 bits per heavy atom. The number of ether oxygens (including phenoxy) is 1. The summed E-state index contributed by atoms with van der Waals surface area (Å²) in [5.41, 5.74) is 1.09. The first kappa shape index (κ1) is 14.0. The van der Waals surface area contributed by atoms with E-state index in [2.05, 4.69) is 4.98 Å². The number of amides is 2. The topological polar surface area (TPSA) is 67.2 Å². The van der Waals surface area contributed by atoms with Crippen molar-refractivity contribution in [2.24, 2.45) is 0 Å². The molecule has 0 saturated carbocycles. The van der Waals surface area contributed by atoms with Crippen molar-refractivity contribution in [3.05, 3.63) is 35.5 Å². The second-order valence-electron chi connectivity index (χ2n) is 5.86. The highest BCUT2D eigenvalue weighted by atomic mass is 19.1. The first-order valence-electron chi connectivity index (χ1n) is 7.41. The highest BCUT2D eigenvalue weighted by Gasteiger charge is 2.39. The zero-order valence-electron chi connectivity index (χ0n) is 12.5. The van der Waals surface area contributed by atoms with Gasteiger partial charge in [-0.05, 0) is 18.6 Å². The molecule has 0 N–H and O–H groups in total. The molecule has 2 aromatic heterocycles. The number of hydrogen-bond acceptors (Lipinski definition) is 4. The summed E-state index contributed by atoms with van der Waals surface area (Å²) in [7, 11) is 0. The molecular formula is C15H15FN4O3. The maximum absolute atomic E-state index is 14.5. The van der Waals surface area contributed by atoms with E-state index in [1.165, 1.54) is 9.30 Å². The standard InChI is InChI=1S/C15H15FN4O3/c1-9-2-3-11-17-12(13(16)20(11)6-9)14(21)18-4-5-19-10(7-18)8-23-15(19)22/h2-3,6,10H,4-5,7-8H2,1H3/t10-/m0/s1. The monoisotopic (exact) mass is 318 g/mol. The molecule has 4 rings (SSSR count). The Balaban J connectivity index is 1.62. The molecule has 0 radical (unpaired) electrons. The lowest BCUT2D eigenvalue weighted by Crippen LogP contribution is -2.53. The number of piperazine rings is 1. The van der Waals surface area contributed by atoms with Gasteiger partial charge in [0.05, 0.1) is 6.04 Å². The molecule has 0 unspecified atom stereocenters. The van der Waals surface area contributed by atoms with Crippen LogP contribution >= 0.6 is 0 Å². The van der Waals surface area contributed by atoms with Crippen molar-refractivity contribution in [1.82, 2.24) is 19.2 Å². The number of carbonyl (C=O) groups is 2. The van der Waals surface area contributed by atoms with Gasteiger partial charge in [0.1, 0.15) is 12.3 Å². The summed E-state index contributed by atoms with van der Waals surface area (Å²) in [6, 6.07) is 3.33. The van der Waals surface area contributed by atoms with Gasteiger partial charge in [0.25, 0.3) is 5.91 Å². The third-order valence-corrected chi connectivity index (χ3v) is 4.31. The predicted molar refractivity (Wildman–Crippen MR) is 77.6 cm³/mol. The van der Waals surface area contributed by atoms with Crippen LogP contribution in [0.3, 0.4) is 0 Å². The van der Waals surface area contributed by atoms with Gasteiger partial charge in [-0.2, -0.15) is 4.39 Å². The summed E-state index contributed by atoms with van der Waals surface area (Å²) in [5, 5.41) is 0. The van der Waals surface area contributed by atoms with Crippen molar-refractivity contribution in [3.63, 3.8) is 0 Å². The van der Waals surface area contributed by atoms with E-state index in [1.807, 2.05) is 13.0 Å².